The molecule has 0 atom stereocenters. The Morgan fingerprint density at radius 1 is 1.35 bits per heavy atom. The molecular weight excluding hydrogens is 217 g/mol. The van der Waals surface area contributed by atoms with Gasteiger partial charge in [0.15, 0.2) is 0 Å². The molecule has 3 nitrogen and oxygen atoms in total. The van der Waals surface area contributed by atoms with Crippen LogP contribution in [0.2, 0.25) is 0 Å². The van der Waals surface area contributed by atoms with Crippen molar-refractivity contribution in [2.75, 3.05) is 6.54 Å². The zero-order valence-corrected chi connectivity index (χ0v) is 9.83. The predicted molar refractivity (Wildman–Crippen MR) is 66.0 cm³/mol. The number of hydrogen-bond acceptors (Lipinski definition) is 2. The van der Waals surface area contributed by atoms with E-state index in [0.717, 1.165) is 36.5 Å². The average Bonchev–Trinajstić information content (AvgIpc) is 2.78. The van der Waals surface area contributed by atoms with Crippen molar-refractivity contribution in [1.29, 1.82) is 0 Å². The van der Waals surface area contributed by atoms with Crippen LogP contribution in [-0.4, -0.2) is 16.7 Å². The maximum atomic E-state index is 13.1. The second-order valence-corrected chi connectivity index (χ2v) is 3.97. The largest absolute Gasteiger partial charge is 0.311 e. The lowest BCUT2D eigenvalue weighted by molar-refractivity contribution is 0.628. The molecule has 0 fully saturated rings. The van der Waals surface area contributed by atoms with E-state index in [9.17, 15) is 4.39 Å². The Labute approximate surface area is 100 Å². The lowest BCUT2D eigenvalue weighted by Crippen LogP contribution is -2.13. The van der Waals surface area contributed by atoms with E-state index < -0.39 is 0 Å². The normalized spacial score (nSPS) is 10.7. The summed E-state index contributed by atoms with van der Waals surface area (Å²) in [7, 11) is 0. The van der Waals surface area contributed by atoms with Crippen molar-refractivity contribution in [3.8, 4) is 11.3 Å². The number of halogens is 1. The van der Waals surface area contributed by atoms with Gasteiger partial charge in [0.2, 0.25) is 0 Å². The fourth-order valence-corrected chi connectivity index (χ4v) is 1.65. The molecule has 0 spiro atoms. The molecule has 1 heterocycles. The van der Waals surface area contributed by atoms with E-state index in [1.165, 1.54) is 12.1 Å². The molecule has 0 aliphatic rings. The van der Waals surface area contributed by atoms with E-state index >= 15 is 0 Å². The van der Waals surface area contributed by atoms with Crippen LogP contribution in [0.3, 0.4) is 0 Å². The molecule has 0 radical (unpaired) electrons. The zero-order chi connectivity index (χ0) is 12.1. The van der Waals surface area contributed by atoms with E-state index in [0.29, 0.717) is 0 Å². The first-order valence-corrected chi connectivity index (χ1v) is 5.80. The first kappa shape index (κ1) is 11.8. The summed E-state index contributed by atoms with van der Waals surface area (Å²) in [5, 5.41) is 10.4. The number of aromatic nitrogens is 2. The fourth-order valence-electron chi connectivity index (χ4n) is 1.65. The minimum atomic E-state index is -0.240. The molecule has 0 bridgehead atoms. The molecule has 0 saturated carbocycles. The zero-order valence-electron chi connectivity index (χ0n) is 9.83. The second kappa shape index (κ2) is 5.59. The Hall–Kier alpha value is -1.68. The molecule has 0 saturated heterocycles. The van der Waals surface area contributed by atoms with Crippen LogP contribution in [0.1, 0.15) is 19.0 Å². The fraction of sp³-hybridized carbons (Fsp3) is 0.308. The monoisotopic (exact) mass is 233 g/mol. The van der Waals surface area contributed by atoms with Crippen molar-refractivity contribution < 1.29 is 4.39 Å². The molecule has 2 rings (SSSR count). The molecule has 4 heteroatoms. The highest BCUT2D eigenvalue weighted by Gasteiger charge is 2.04. The van der Waals surface area contributed by atoms with Gasteiger partial charge in [-0.3, -0.25) is 5.10 Å². The van der Waals surface area contributed by atoms with Crippen molar-refractivity contribution in [2.45, 2.75) is 19.9 Å². The highest BCUT2D eigenvalue weighted by molar-refractivity contribution is 5.59. The molecule has 0 aliphatic heterocycles. The molecule has 90 valence electrons. The summed E-state index contributed by atoms with van der Waals surface area (Å²) in [6.07, 6.45) is 1.10. The average molecular weight is 233 g/mol. The summed E-state index contributed by atoms with van der Waals surface area (Å²) in [4.78, 5) is 0. The number of hydrogen-bond donors (Lipinski definition) is 2. The number of nitrogens with one attached hydrogen (secondary N) is 2. The van der Waals surface area contributed by atoms with Crippen LogP contribution in [0.4, 0.5) is 4.39 Å². The molecule has 17 heavy (non-hydrogen) atoms. The van der Waals surface area contributed by atoms with Crippen LogP contribution in [-0.2, 0) is 6.54 Å². The van der Waals surface area contributed by atoms with Crippen molar-refractivity contribution in [1.82, 2.24) is 15.5 Å². The van der Waals surface area contributed by atoms with E-state index in [-0.39, 0.29) is 5.82 Å². The van der Waals surface area contributed by atoms with Gasteiger partial charge in [0, 0.05) is 17.8 Å². The Morgan fingerprint density at radius 3 is 3.00 bits per heavy atom. The molecule has 0 amide bonds. The molecular formula is C13H16FN3. The van der Waals surface area contributed by atoms with Crippen molar-refractivity contribution >= 4 is 0 Å². The first-order valence-electron chi connectivity index (χ1n) is 5.80. The maximum Gasteiger partial charge on any atom is 0.123 e. The Balaban J connectivity index is 2.07. The van der Waals surface area contributed by atoms with Crippen molar-refractivity contribution in [2.24, 2.45) is 0 Å². The standard InChI is InChI=1S/C13H16FN3/c1-2-6-15-9-12-8-13(17-16-12)10-4-3-5-11(14)7-10/h3-5,7-8,15H,2,6,9H2,1H3,(H,16,17). The van der Waals surface area contributed by atoms with Gasteiger partial charge >= 0.3 is 0 Å². The lowest BCUT2D eigenvalue weighted by atomic mass is 10.1. The van der Waals surface area contributed by atoms with Crippen molar-refractivity contribution in [3.05, 3.63) is 41.8 Å². The lowest BCUT2D eigenvalue weighted by Gasteiger charge is -1.98. The van der Waals surface area contributed by atoms with Gasteiger partial charge in [-0.15, -0.1) is 0 Å². The van der Waals surface area contributed by atoms with Crippen LogP contribution in [0.5, 0.6) is 0 Å². The minimum Gasteiger partial charge on any atom is -0.311 e. The molecule has 1 aromatic carbocycles. The van der Waals surface area contributed by atoms with Crippen LogP contribution in [0, 0.1) is 5.82 Å². The van der Waals surface area contributed by atoms with Gasteiger partial charge in [0.1, 0.15) is 5.82 Å². The summed E-state index contributed by atoms with van der Waals surface area (Å²) in [6, 6.07) is 8.40. The third kappa shape index (κ3) is 3.14. The Bertz CT molecular complexity index is 479. The summed E-state index contributed by atoms with van der Waals surface area (Å²) >= 11 is 0. The maximum absolute atomic E-state index is 13.1. The van der Waals surface area contributed by atoms with Crippen LogP contribution < -0.4 is 5.32 Å². The van der Waals surface area contributed by atoms with Gasteiger partial charge in [0.25, 0.3) is 0 Å². The third-order valence-electron chi connectivity index (χ3n) is 2.49. The number of aromatic amines is 1. The highest BCUT2D eigenvalue weighted by atomic mass is 19.1. The van der Waals surface area contributed by atoms with Gasteiger partial charge in [0.05, 0.1) is 5.69 Å². The Kier molecular flexibility index (Phi) is 3.88. The predicted octanol–water partition coefficient (Wildman–Crippen LogP) is 2.72. The van der Waals surface area contributed by atoms with Crippen LogP contribution >= 0.6 is 0 Å². The quantitative estimate of drug-likeness (QED) is 0.779. The number of benzene rings is 1. The van der Waals surface area contributed by atoms with Gasteiger partial charge in [-0.2, -0.15) is 5.10 Å². The third-order valence-corrected chi connectivity index (χ3v) is 2.49. The minimum absolute atomic E-state index is 0.240. The topological polar surface area (TPSA) is 40.7 Å². The Morgan fingerprint density at radius 2 is 2.24 bits per heavy atom. The van der Waals surface area contributed by atoms with Gasteiger partial charge in [-0.25, -0.2) is 4.39 Å². The van der Waals surface area contributed by atoms with Gasteiger partial charge in [-0.1, -0.05) is 19.1 Å². The summed E-state index contributed by atoms with van der Waals surface area (Å²) in [5.74, 6) is -0.240. The summed E-state index contributed by atoms with van der Waals surface area (Å²) < 4.78 is 13.1. The SMILES string of the molecule is CCCNCc1cc(-c2cccc(F)c2)n[nH]1. The van der Waals surface area contributed by atoms with Gasteiger partial charge < -0.3 is 5.32 Å². The molecule has 2 N–H and O–H groups in total. The number of nitrogens with zero attached hydrogens (tertiary/aromatic N) is 1. The highest BCUT2D eigenvalue weighted by Crippen LogP contribution is 2.18. The van der Waals surface area contributed by atoms with E-state index in [1.807, 2.05) is 12.1 Å². The van der Waals surface area contributed by atoms with E-state index in [2.05, 4.69) is 22.4 Å². The second-order valence-electron chi connectivity index (χ2n) is 3.97. The smallest absolute Gasteiger partial charge is 0.123 e. The number of H-pyrrole nitrogens is 1. The summed E-state index contributed by atoms with van der Waals surface area (Å²) in [6.45, 7) is 3.86. The van der Waals surface area contributed by atoms with Crippen molar-refractivity contribution in [3.63, 3.8) is 0 Å². The van der Waals surface area contributed by atoms with E-state index in [4.69, 9.17) is 0 Å². The van der Waals surface area contributed by atoms with Crippen LogP contribution in [0.25, 0.3) is 11.3 Å². The molecule has 0 unspecified atom stereocenters. The summed E-state index contributed by atoms with van der Waals surface area (Å²) in [5.41, 5.74) is 2.58. The number of rotatable bonds is 5. The van der Waals surface area contributed by atoms with E-state index in [1.54, 1.807) is 6.07 Å². The molecule has 0 aliphatic carbocycles. The van der Waals surface area contributed by atoms with Gasteiger partial charge in [-0.05, 0) is 31.2 Å². The van der Waals surface area contributed by atoms with Crippen LogP contribution in [0.15, 0.2) is 30.3 Å². The molecule has 1 aromatic heterocycles. The molecule has 2 aromatic rings. The first-order chi connectivity index (χ1) is 8.29.